The Hall–Kier alpha value is -2.46. The number of carbonyl (C=O) groups is 1. The van der Waals surface area contributed by atoms with Gasteiger partial charge in [-0.1, -0.05) is 24.2 Å². The predicted molar refractivity (Wildman–Crippen MR) is 96.9 cm³/mol. The van der Waals surface area contributed by atoms with Gasteiger partial charge in [-0.15, -0.1) is 0 Å². The monoisotopic (exact) mass is 345 g/mol. The first-order valence-electron chi connectivity index (χ1n) is 7.54. The molecule has 1 amide bonds. The molecule has 4 nitrogen and oxygen atoms in total. The van der Waals surface area contributed by atoms with Crippen LogP contribution in [-0.4, -0.2) is 18.6 Å². The normalized spacial score (nSPS) is 11.5. The van der Waals surface area contributed by atoms with Crippen molar-refractivity contribution >= 4 is 23.2 Å². The van der Waals surface area contributed by atoms with Crippen LogP contribution in [0.3, 0.4) is 0 Å². The quantitative estimate of drug-likeness (QED) is 0.740. The van der Waals surface area contributed by atoms with Crippen LogP contribution in [0.1, 0.15) is 13.8 Å². The molecule has 0 saturated heterocycles. The predicted octanol–water partition coefficient (Wildman–Crippen LogP) is 4.70. The lowest BCUT2D eigenvalue weighted by Gasteiger charge is -2.15. The third kappa shape index (κ3) is 5.63. The average Bonchev–Trinajstić information content (AvgIpc) is 2.55. The Balaban J connectivity index is 1.94. The number of rotatable bonds is 7. The minimum Gasteiger partial charge on any atom is -0.489 e. The number of nitrogens with one attached hydrogen (secondary N) is 1. The number of carbonyl (C=O) groups excluding carboxylic acids is 1. The summed E-state index contributed by atoms with van der Waals surface area (Å²) in [7, 11) is 0. The fourth-order valence-electron chi connectivity index (χ4n) is 1.88. The topological polar surface area (TPSA) is 47.6 Å². The van der Waals surface area contributed by atoms with E-state index in [4.69, 9.17) is 21.1 Å². The zero-order valence-corrected chi connectivity index (χ0v) is 14.5. The van der Waals surface area contributed by atoms with E-state index in [0.717, 1.165) is 5.57 Å². The van der Waals surface area contributed by atoms with Crippen LogP contribution in [0.2, 0.25) is 5.02 Å². The fourth-order valence-corrected chi connectivity index (χ4v) is 2.01. The number of ether oxygens (including phenoxy) is 2. The molecule has 0 aromatic heterocycles. The maximum Gasteiger partial charge on any atom is 0.265 e. The lowest BCUT2D eigenvalue weighted by atomic mass is 10.2. The molecule has 0 bridgehead atoms. The number of amides is 1. The Morgan fingerprint density at radius 1 is 1.21 bits per heavy atom. The summed E-state index contributed by atoms with van der Waals surface area (Å²) in [5, 5.41) is 3.43. The molecular formula is C19H20ClNO3. The summed E-state index contributed by atoms with van der Waals surface area (Å²) >= 11 is 5.83. The van der Waals surface area contributed by atoms with Gasteiger partial charge in [0, 0.05) is 16.8 Å². The van der Waals surface area contributed by atoms with Crippen molar-refractivity contribution in [1.82, 2.24) is 0 Å². The summed E-state index contributed by atoms with van der Waals surface area (Å²) in [4.78, 5) is 12.2. The molecular weight excluding hydrogens is 326 g/mol. The molecule has 0 aliphatic rings. The maximum atomic E-state index is 12.2. The summed E-state index contributed by atoms with van der Waals surface area (Å²) in [5.74, 6) is 1.00. The van der Waals surface area contributed by atoms with Crippen molar-refractivity contribution < 1.29 is 14.3 Å². The molecule has 2 aromatic carbocycles. The number of halogens is 1. The van der Waals surface area contributed by atoms with Crippen LogP contribution >= 0.6 is 11.6 Å². The Kier molecular flexibility index (Phi) is 6.27. The third-order valence-corrected chi connectivity index (χ3v) is 3.33. The van der Waals surface area contributed by atoms with Crippen molar-refractivity contribution in [2.24, 2.45) is 0 Å². The van der Waals surface area contributed by atoms with Gasteiger partial charge in [0.1, 0.15) is 18.1 Å². The van der Waals surface area contributed by atoms with Crippen LogP contribution < -0.4 is 14.8 Å². The molecule has 1 N–H and O–H groups in total. The van der Waals surface area contributed by atoms with E-state index in [1.165, 1.54) is 0 Å². The second-order valence-electron chi connectivity index (χ2n) is 5.48. The molecule has 1 unspecified atom stereocenters. The first kappa shape index (κ1) is 17.9. The van der Waals surface area contributed by atoms with Gasteiger partial charge in [-0.2, -0.15) is 0 Å². The zero-order chi connectivity index (χ0) is 17.5. The van der Waals surface area contributed by atoms with Gasteiger partial charge in [0.05, 0.1) is 0 Å². The number of benzene rings is 2. The smallest absolute Gasteiger partial charge is 0.265 e. The highest BCUT2D eigenvalue weighted by Gasteiger charge is 2.15. The van der Waals surface area contributed by atoms with Crippen molar-refractivity contribution in [2.45, 2.75) is 20.0 Å². The van der Waals surface area contributed by atoms with Crippen molar-refractivity contribution in [2.75, 3.05) is 11.9 Å². The van der Waals surface area contributed by atoms with Gasteiger partial charge in [0.15, 0.2) is 6.10 Å². The molecule has 0 saturated carbocycles. The van der Waals surface area contributed by atoms with Crippen LogP contribution in [0.25, 0.3) is 0 Å². The van der Waals surface area contributed by atoms with E-state index >= 15 is 0 Å². The van der Waals surface area contributed by atoms with Crippen LogP contribution in [0, 0.1) is 0 Å². The molecule has 24 heavy (non-hydrogen) atoms. The summed E-state index contributed by atoms with van der Waals surface area (Å²) in [6.45, 7) is 7.80. The van der Waals surface area contributed by atoms with Crippen molar-refractivity contribution in [3.05, 3.63) is 65.7 Å². The van der Waals surface area contributed by atoms with Crippen LogP contribution in [0.15, 0.2) is 60.7 Å². The Bertz CT molecular complexity index is 713. The number of anilines is 1. The van der Waals surface area contributed by atoms with Crippen LogP contribution in [-0.2, 0) is 4.79 Å². The molecule has 1 atom stereocenters. The Morgan fingerprint density at radius 2 is 1.92 bits per heavy atom. The molecule has 0 heterocycles. The summed E-state index contributed by atoms with van der Waals surface area (Å²) in [5.41, 5.74) is 1.57. The van der Waals surface area contributed by atoms with E-state index in [1.54, 1.807) is 43.3 Å². The molecule has 0 aliphatic heterocycles. The Morgan fingerprint density at radius 3 is 2.58 bits per heavy atom. The van der Waals surface area contributed by atoms with Gasteiger partial charge < -0.3 is 14.8 Å². The van der Waals surface area contributed by atoms with Crippen LogP contribution in [0.4, 0.5) is 5.69 Å². The maximum absolute atomic E-state index is 12.2. The summed E-state index contributed by atoms with van der Waals surface area (Å²) < 4.78 is 11.2. The number of hydrogen-bond donors (Lipinski definition) is 1. The highest BCUT2D eigenvalue weighted by atomic mass is 35.5. The lowest BCUT2D eigenvalue weighted by molar-refractivity contribution is -0.122. The molecule has 0 fully saturated rings. The second-order valence-corrected chi connectivity index (χ2v) is 5.91. The molecule has 126 valence electrons. The highest BCUT2D eigenvalue weighted by molar-refractivity contribution is 6.30. The summed E-state index contributed by atoms with van der Waals surface area (Å²) in [6, 6.07) is 14.1. The SMILES string of the molecule is C=C(C)COc1cccc(NC(=O)C(C)Oc2ccc(Cl)cc2)c1. The molecule has 2 rings (SSSR count). The van der Waals surface area contributed by atoms with Gasteiger partial charge in [-0.25, -0.2) is 0 Å². The Labute approximate surface area is 147 Å². The first-order valence-corrected chi connectivity index (χ1v) is 7.92. The van der Waals surface area contributed by atoms with Gasteiger partial charge in [-0.05, 0) is 55.8 Å². The van der Waals surface area contributed by atoms with Gasteiger partial charge in [-0.3, -0.25) is 4.79 Å². The molecule has 2 aromatic rings. The lowest BCUT2D eigenvalue weighted by Crippen LogP contribution is -2.30. The average molecular weight is 346 g/mol. The fraction of sp³-hybridized carbons (Fsp3) is 0.211. The van der Waals surface area contributed by atoms with E-state index in [2.05, 4.69) is 11.9 Å². The van der Waals surface area contributed by atoms with Crippen molar-refractivity contribution in [1.29, 1.82) is 0 Å². The van der Waals surface area contributed by atoms with E-state index in [9.17, 15) is 4.79 Å². The van der Waals surface area contributed by atoms with E-state index in [-0.39, 0.29) is 5.91 Å². The standard InChI is InChI=1S/C19H20ClNO3/c1-13(2)12-23-18-6-4-5-16(11-18)21-19(22)14(3)24-17-9-7-15(20)8-10-17/h4-11,14H,1,12H2,2-3H3,(H,21,22). The zero-order valence-electron chi connectivity index (χ0n) is 13.7. The van der Waals surface area contributed by atoms with Crippen LogP contribution in [0.5, 0.6) is 11.5 Å². The molecule has 0 aliphatic carbocycles. The second kappa shape index (κ2) is 8.41. The van der Waals surface area contributed by atoms with Gasteiger partial charge in [0.25, 0.3) is 5.91 Å². The molecule has 0 spiro atoms. The minimum atomic E-state index is -0.647. The van der Waals surface area contributed by atoms with Crippen molar-refractivity contribution in [3.8, 4) is 11.5 Å². The van der Waals surface area contributed by atoms with E-state index in [1.807, 2.05) is 19.1 Å². The largest absolute Gasteiger partial charge is 0.489 e. The highest BCUT2D eigenvalue weighted by Crippen LogP contribution is 2.20. The minimum absolute atomic E-state index is 0.248. The molecule has 0 radical (unpaired) electrons. The van der Waals surface area contributed by atoms with Gasteiger partial charge in [0.2, 0.25) is 0 Å². The molecule has 5 heteroatoms. The third-order valence-electron chi connectivity index (χ3n) is 3.08. The number of hydrogen-bond acceptors (Lipinski definition) is 3. The summed E-state index contributed by atoms with van der Waals surface area (Å²) in [6.07, 6.45) is -0.647. The van der Waals surface area contributed by atoms with Crippen molar-refractivity contribution in [3.63, 3.8) is 0 Å². The van der Waals surface area contributed by atoms with E-state index < -0.39 is 6.10 Å². The van der Waals surface area contributed by atoms with E-state index in [0.29, 0.717) is 28.8 Å². The van der Waals surface area contributed by atoms with Gasteiger partial charge >= 0.3 is 0 Å². The first-order chi connectivity index (χ1) is 11.4.